The third-order valence-electron chi connectivity index (χ3n) is 3.34. The smallest absolute Gasteiger partial charge is 0.354 e. The summed E-state index contributed by atoms with van der Waals surface area (Å²) in [6, 6.07) is 12.0. The lowest BCUT2D eigenvalue weighted by molar-refractivity contribution is -0.137. The van der Waals surface area contributed by atoms with Gasteiger partial charge >= 0.3 is 6.18 Å². The van der Waals surface area contributed by atoms with Crippen molar-refractivity contribution in [1.29, 1.82) is 0 Å². The SMILES string of the molecule is O=Cc1c(-c2cccc(C(F)(F)F)c2)[nH]c2ccccc12. The monoisotopic (exact) mass is 289 g/mol. The van der Waals surface area contributed by atoms with Crippen molar-refractivity contribution >= 4 is 17.2 Å². The molecule has 0 radical (unpaired) electrons. The van der Waals surface area contributed by atoms with Gasteiger partial charge in [-0.25, -0.2) is 0 Å². The topological polar surface area (TPSA) is 32.9 Å². The Morgan fingerprint density at radius 1 is 1.00 bits per heavy atom. The number of nitrogens with one attached hydrogen (secondary N) is 1. The van der Waals surface area contributed by atoms with Crippen LogP contribution in [0.5, 0.6) is 0 Å². The second-order valence-corrected chi connectivity index (χ2v) is 4.66. The molecule has 1 N–H and O–H groups in total. The van der Waals surface area contributed by atoms with Crippen LogP contribution in [0.15, 0.2) is 48.5 Å². The molecule has 0 unspecified atom stereocenters. The van der Waals surface area contributed by atoms with E-state index in [2.05, 4.69) is 4.98 Å². The zero-order valence-corrected chi connectivity index (χ0v) is 10.7. The van der Waals surface area contributed by atoms with E-state index in [1.807, 2.05) is 0 Å². The van der Waals surface area contributed by atoms with Crippen LogP contribution in [0.2, 0.25) is 0 Å². The van der Waals surface area contributed by atoms with Crippen molar-refractivity contribution in [2.75, 3.05) is 0 Å². The van der Waals surface area contributed by atoms with Gasteiger partial charge in [0.1, 0.15) is 0 Å². The minimum atomic E-state index is -4.41. The average molecular weight is 289 g/mol. The zero-order valence-electron chi connectivity index (χ0n) is 10.7. The molecule has 0 spiro atoms. The molecule has 0 atom stereocenters. The van der Waals surface area contributed by atoms with E-state index in [4.69, 9.17) is 0 Å². The van der Waals surface area contributed by atoms with Gasteiger partial charge in [-0.15, -0.1) is 0 Å². The summed E-state index contributed by atoms with van der Waals surface area (Å²) in [5.74, 6) is 0. The molecule has 3 rings (SSSR count). The molecule has 0 fully saturated rings. The van der Waals surface area contributed by atoms with E-state index in [1.54, 1.807) is 30.3 Å². The highest BCUT2D eigenvalue weighted by molar-refractivity contribution is 6.04. The quantitative estimate of drug-likeness (QED) is 0.683. The molecular formula is C16H10F3NO. The van der Waals surface area contributed by atoms with E-state index in [0.29, 0.717) is 34.0 Å². The Morgan fingerprint density at radius 3 is 2.48 bits per heavy atom. The number of aromatic amines is 1. The summed E-state index contributed by atoms with van der Waals surface area (Å²) in [5.41, 5.74) is 1.08. The Hall–Kier alpha value is -2.56. The maximum atomic E-state index is 12.8. The molecule has 5 heteroatoms. The standard InChI is InChI=1S/C16H10F3NO/c17-16(18,19)11-5-3-4-10(8-11)15-13(9-21)12-6-1-2-7-14(12)20-15/h1-9,20H. The predicted octanol–water partition coefficient (Wildman–Crippen LogP) is 4.67. The van der Waals surface area contributed by atoms with Crippen molar-refractivity contribution in [1.82, 2.24) is 4.98 Å². The molecular weight excluding hydrogens is 279 g/mol. The highest BCUT2D eigenvalue weighted by Gasteiger charge is 2.30. The first kappa shape index (κ1) is 13.4. The van der Waals surface area contributed by atoms with E-state index >= 15 is 0 Å². The predicted molar refractivity (Wildman–Crippen MR) is 74.1 cm³/mol. The second-order valence-electron chi connectivity index (χ2n) is 4.66. The molecule has 0 aliphatic rings. The summed E-state index contributed by atoms with van der Waals surface area (Å²) in [6.45, 7) is 0. The summed E-state index contributed by atoms with van der Waals surface area (Å²) in [4.78, 5) is 14.3. The fourth-order valence-electron chi connectivity index (χ4n) is 2.36. The molecule has 2 nitrogen and oxygen atoms in total. The maximum absolute atomic E-state index is 12.8. The number of aromatic nitrogens is 1. The van der Waals surface area contributed by atoms with Gasteiger partial charge in [0.25, 0.3) is 0 Å². The highest BCUT2D eigenvalue weighted by Crippen LogP contribution is 2.34. The van der Waals surface area contributed by atoms with Gasteiger partial charge in [0, 0.05) is 16.5 Å². The van der Waals surface area contributed by atoms with Crippen LogP contribution in [-0.2, 0) is 6.18 Å². The molecule has 0 amide bonds. The van der Waals surface area contributed by atoms with Gasteiger partial charge in [0.15, 0.2) is 6.29 Å². The van der Waals surface area contributed by atoms with Gasteiger partial charge in [0.05, 0.1) is 11.3 Å². The number of carbonyl (C=O) groups excluding carboxylic acids is 1. The van der Waals surface area contributed by atoms with Crippen LogP contribution in [0.3, 0.4) is 0 Å². The van der Waals surface area contributed by atoms with Crippen molar-refractivity contribution in [3.8, 4) is 11.3 Å². The van der Waals surface area contributed by atoms with Gasteiger partial charge in [-0.3, -0.25) is 4.79 Å². The van der Waals surface area contributed by atoms with Crippen molar-refractivity contribution in [2.45, 2.75) is 6.18 Å². The summed E-state index contributed by atoms with van der Waals surface area (Å²) >= 11 is 0. The first-order valence-electron chi connectivity index (χ1n) is 6.24. The van der Waals surface area contributed by atoms with Crippen molar-refractivity contribution in [3.63, 3.8) is 0 Å². The van der Waals surface area contributed by atoms with Gasteiger partial charge < -0.3 is 4.98 Å². The number of alkyl halides is 3. The van der Waals surface area contributed by atoms with Crippen molar-refractivity contribution < 1.29 is 18.0 Å². The molecule has 0 bridgehead atoms. The Kier molecular flexibility index (Phi) is 3.05. The Labute approximate surface area is 118 Å². The Bertz CT molecular complexity index is 818. The highest BCUT2D eigenvalue weighted by atomic mass is 19.4. The maximum Gasteiger partial charge on any atom is 0.416 e. The normalized spacial score (nSPS) is 11.8. The number of halogens is 3. The third kappa shape index (κ3) is 2.31. The van der Waals surface area contributed by atoms with Gasteiger partial charge in [0.2, 0.25) is 0 Å². The molecule has 0 aliphatic heterocycles. The van der Waals surface area contributed by atoms with Crippen LogP contribution in [0.25, 0.3) is 22.2 Å². The van der Waals surface area contributed by atoms with Gasteiger partial charge in [-0.2, -0.15) is 13.2 Å². The lowest BCUT2D eigenvalue weighted by Gasteiger charge is -2.08. The molecule has 21 heavy (non-hydrogen) atoms. The van der Waals surface area contributed by atoms with Crippen LogP contribution in [0, 0.1) is 0 Å². The summed E-state index contributed by atoms with van der Waals surface area (Å²) in [5, 5.41) is 0.694. The average Bonchev–Trinajstić information content (AvgIpc) is 2.85. The minimum absolute atomic E-state index is 0.336. The number of aldehydes is 1. The summed E-state index contributed by atoms with van der Waals surface area (Å²) in [6.07, 6.45) is -3.75. The van der Waals surface area contributed by atoms with E-state index in [1.165, 1.54) is 6.07 Å². The Morgan fingerprint density at radius 2 is 1.76 bits per heavy atom. The van der Waals surface area contributed by atoms with Crippen molar-refractivity contribution in [3.05, 3.63) is 59.7 Å². The number of benzene rings is 2. The zero-order chi connectivity index (χ0) is 15.0. The number of para-hydroxylation sites is 1. The van der Waals surface area contributed by atoms with Crippen LogP contribution in [0.4, 0.5) is 13.2 Å². The fraction of sp³-hybridized carbons (Fsp3) is 0.0625. The van der Waals surface area contributed by atoms with E-state index < -0.39 is 11.7 Å². The molecule has 0 saturated heterocycles. The summed E-state index contributed by atoms with van der Waals surface area (Å²) < 4.78 is 38.4. The minimum Gasteiger partial charge on any atom is -0.354 e. The number of rotatable bonds is 2. The second kappa shape index (κ2) is 4.77. The number of H-pyrrole nitrogens is 1. The molecule has 1 heterocycles. The van der Waals surface area contributed by atoms with E-state index in [-0.39, 0.29) is 0 Å². The number of hydrogen-bond acceptors (Lipinski definition) is 1. The van der Waals surface area contributed by atoms with Gasteiger partial charge in [-0.1, -0.05) is 30.3 Å². The largest absolute Gasteiger partial charge is 0.416 e. The molecule has 2 aromatic carbocycles. The third-order valence-corrected chi connectivity index (χ3v) is 3.34. The van der Waals surface area contributed by atoms with Gasteiger partial charge in [-0.05, 0) is 23.8 Å². The van der Waals surface area contributed by atoms with E-state index in [9.17, 15) is 18.0 Å². The lowest BCUT2D eigenvalue weighted by Crippen LogP contribution is -2.04. The molecule has 3 aromatic rings. The van der Waals surface area contributed by atoms with Crippen molar-refractivity contribution in [2.24, 2.45) is 0 Å². The van der Waals surface area contributed by atoms with Crippen LogP contribution >= 0.6 is 0 Å². The van der Waals surface area contributed by atoms with Crippen LogP contribution < -0.4 is 0 Å². The molecule has 1 aromatic heterocycles. The molecule has 106 valence electrons. The summed E-state index contributed by atoms with van der Waals surface area (Å²) in [7, 11) is 0. The lowest BCUT2D eigenvalue weighted by atomic mass is 10.0. The molecule has 0 aliphatic carbocycles. The fourth-order valence-corrected chi connectivity index (χ4v) is 2.36. The first-order valence-corrected chi connectivity index (χ1v) is 6.24. The van der Waals surface area contributed by atoms with Crippen LogP contribution in [-0.4, -0.2) is 11.3 Å². The number of hydrogen-bond donors (Lipinski definition) is 1. The number of carbonyl (C=O) groups is 1. The Balaban J connectivity index is 2.23. The molecule has 0 saturated carbocycles. The van der Waals surface area contributed by atoms with Crippen LogP contribution in [0.1, 0.15) is 15.9 Å². The van der Waals surface area contributed by atoms with E-state index in [0.717, 1.165) is 12.1 Å². The first-order chi connectivity index (χ1) is 10.0. The number of fused-ring (bicyclic) bond motifs is 1.